The van der Waals surface area contributed by atoms with Crippen LogP contribution in [-0.2, 0) is 4.79 Å². The highest BCUT2D eigenvalue weighted by atomic mass is 35.5. The number of hydrogen-bond acceptors (Lipinski definition) is 7. The minimum absolute atomic E-state index is 0.175. The maximum absolute atomic E-state index is 12.3. The zero-order chi connectivity index (χ0) is 21.0. The molecule has 0 unspecified atom stereocenters. The van der Waals surface area contributed by atoms with Crippen LogP contribution in [0.4, 0.5) is 5.82 Å². The number of nitrogens with one attached hydrogen (secondary N) is 1. The molecule has 1 heterocycles. The van der Waals surface area contributed by atoms with Crippen LogP contribution in [0.25, 0.3) is 11.3 Å². The average Bonchev–Trinajstić information content (AvgIpc) is 3.17. The number of rotatable bonds is 7. The Kier molecular flexibility index (Phi) is 6.23. The lowest BCUT2D eigenvalue weighted by Crippen LogP contribution is -2.20. The second kappa shape index (κ2) is 8.83. The van der Waals surface area contributed by atoms with Crippen molar-refractivity contribution in [3.8, 4) is 28.5 Å². The summed E-state index contributed by atoms with van der Waals surface area (Å²) in [6.07, 6.45) is 0. The van der Waals surface area contributed by atoms with Gasteiger partial charge in [0.05, 0.1) is 14.2 Å². The molecule has 0 atom stereocenters. The van der Waals surface area contributed by atoms with E-state index in [1.54, 1.807) is 37.4 Å². The fourth-order valence-electron chi connectivity index (χ4n) is 2.75. The van der Waals surface area contributed by atoms with Gasteiger partial charge in [0.15, 0.2) is 23.8 Å². The van der Waals surface area contributed by atoms with E-state index in [9.17, 15) is 4.79 Å². The van der Waals surface area contributed by atoms with E-state index in [-0.39, 0.29) is 12.4 Å². The molecule has 0 spiro atoms. The first-order valence-corrected chi connectivity index (χ1v) is 9.05. The molecule has 9 heteroatoms. The summed E-state index contributed by atoms with van der Waals surface area (Å²) in [7, 11) is 3.08. The lowest BCUT2D eigenvalue weighted by Gasteiger charge is -2.10. The van der Waals surface area contributed by atoms with E-state index in [0.717, 1.165) is 11.1 Å². The molecular formula is C20H20ClN3O5. The number of halogens is 1. The fraction of sp³-hybridized carbons (Fsp3) is 0.250. The molecule has 0 aliphatic heterocycles. The smallest absolute Gasteiger partial charge is 0.263 e. The van der Waals surface area contributed by atoms with Crippen LogP contribution in [0.2, 0.25) is 5.02 Å². The number of ether oxygens (including phenoxy) is 3. The first-order valence-electron chi connectivity index (χ1n) is 8.67. The van der Waals surface area contributed by atoms with Crippen molar-refractivity contribution in [2.45, 2.75) is 13.8 Å². The van der Waals surface area contributed by atoms with Gasteiger partial charge in [-0.25, -0.2) is 4.63 Å². The minimum atomic E-state index is -0.410. The third kappa shape index (κ3) is 4.60. The van der Waals surface area contributed by atoms with Crippen LogP contribution in [0.15, 0.2) is 35.0 Å². The Balaban J connectivity index is 1.71. The Bertz CT molecular complexity index is 1010. The van der Waals surface area contributed by atoms with E-state index in [1.165, 1.54) is 7.11 Å². The summed E-state index contributed by atoms with van der Waals surface area (Å²) in [4.78, 5) is 12.3. The topological polar surface area (TPSA) is 95.7 Å². The van der Waals surface area contributed by atoms with E-state index in [2.05, 4.69) is 15.6 Å². The average molecular weight is 418 g/mol. The van der Waals surface area contributed by atoms with Gasteiger partial charge in [0.1, 0.15) is 5.75 Å². The van der Waals surface area contributed by atoms with Crippen molar-refractivity contribution in [2.75, 3.05) is 26.1 Å². The van der Waals surface area contributed by atoms with Crippen LogP contribution in [-0.4, -0.2) is 37.0 Å². The number of amides is 1. The molecule has 0 radical (unpaired) electrons. The first kappa shape index (κ1) is 20.5. The van der Waals surface area contributed by atoms with Gasteiger partial charge in [0.2, 0.25) is 5.82 Å². The molecule has 0 bridgehead atoms. The molecule has 0 fully saturated rings. The van der Waals surface area contributed by atoms with Crippen molar-refractivity contribution in [1.82, 2.24) is 10.3 Å². The van der Waals surface area contributed by atoms with Crippen molar-refractivity contribution in [3.05, 3.63) is 46.5 Å². The largest absolute Gasteiger partial charge is 0.493 e. The molecule has 1 N–H and O–H groups in total. The van der Waals surface area contributed by atoms with Crippen molar-refractivity contribution in [1.29, 1.82) is 0 Å². The fourth-order valence-corrected chi connectivity index (χ4v) is 2.86. The predicted octanol–water partition coefficient (Wildman–Crippen LogP) is 4.04. The van der Waals surface area contributed by atoms with Gasteiger partial charge >= 0.3 is 0 Å². The molecule has 3 aromatic rings. The molecule has 1 amide bonds. The summed E-state index contributed by atoms with van der Waals surface area (Å²) in [5.41, 5.74) is 2.75. The Morgan fingerprint density at radius 1 is 1.07 bits per heavy atom. The quantitative estimate of drug-likeness (QED) is 0.619. The molecule has 2 aromatic carbocycles. The molecule has 1 aromatic heterocycles. The molecule has 0 saturated heterocycles. The second-order valence-electron chi connectivity index (χ2n) is 6.24. The Morgan fingerprint density at radius 2 is 1.76 bits per heavy atom. The molecular weight excluding hydrogens is 398 g/mol. The SMILES string of the molecule is COc1ccc(-c2nonc2NC(=O)COc2cc(C)c(Cl)c(C)c2)cc1OC. The molecule has 152 valence electrons. The number of anilines is 1. The van der Waals surface area contributed by atoms with E-state index in [4.69, 9.17) is 30.4 Å². The third-order valence-corrected chi connectivity index (χ3v) is 4.78. The van der Waals surface area contributed by atoms with E-state index >= 15 is 0 Å². The van der Waals surface area contributed by atoms with Gasteiger partial charge in [-0.3, -0.25) is 4.79 Å². The second-order valence-corrected chi connectivity index (χ2v) is 6.62. The van der Waals surface area contributed by atoms with Crippen molar-refractivity contribution < 1.29 is 23.6 Å². The van der Waals surface area contributed by atoms with Gasteiger partial charge in [0.25, 0.3) is 5.91 Å². The van der Waals surface area contributed by atoms with Gasteiger partial charge in [0, 0.05) is 10.6 Å². The molecule has 29 heavy (non-hydrogen) atoms. The van der Waals surface area contributed by atoms with Gasteiger partial charge in [-0.05, 0) is 65.6 Å². The number of carbonyl (C=O) groups excluding carboxylic acids is 1. The zero-order valence-corrected chi connectivity index (χ0v) is 17.2. The summed E-state index contributed by atoms with van der Waals surface area (Å²) in [6.45, 7) is 3.54. The summed E-state index contributed by atoms with van der Waals surface area (Å²) >= 11 is 6.15. The highest BCUT2D eigenvalue weighted by Crippen LogP contribution is 2.33. The number of aryl methyl sites for hydroxylation is 2. The maximum Gasteiger partial charge on any atom is 0.263 e. The van der Waals surface area contributed by atoms with Crippen LogP contribution in [0.5, 0.6) is 17.2 Å². The lowest BCUT2D eigenvalue weighted by atomic mass is 10.1. The van der Waals surface area contributed by atoms with Crippen LogP contribution in [0.3, 0.4) is 0 Å². The summed E-state index contributed by atoms with van der Waals surface area (Å²) < 4.78 is 20.9. The Labute approximate surface area is 172 Å². The number of methoxy groups -OCH3 is 2. The Hall–Kier alpha value is -3.26. The van der Waals surface area contributed by atoms with Gasteiger partial charge < -0.3 is 19.5 Å². The molecule has 0 aliphatic carbocycles. The zero-order valence-electron chi connectivity index (χ0n) is 16.4. The highest BCUT2D eigenvalue weighted by molar-refractivity contribution is 6.32. The molecule has 8 nitrogen and oxygen atoms in total. The lowest BCUT2D eigenvalue weighted by molar-refractivity contribution is -0.118. The van der Waals surface area contributed by atoms with E-state index < -0.39 is 5.91 Å². The van der Waals surface area contributed by atoms with Crippen LogP contribution in [0, 0.1) is 13.8 Å². The number of carbonyl (C=O) groups is 1. The number of hydrogen-bond donors (Lipinski definition) is 1. The normalized spacial score (nSPS) is 10.5. The standard InChI is InChI=1S/C20H20ClN3O5/c1-11-7-14(8-12(2)18(11)21)28-10-17(25)22-20-19(23-29-24-20)13-5-6-15(26-3)16(9-13)27-4/h5-9H,10H2,1-4H3,(H,22,24,25). The van der Waals surface area contributed by atoms with Gasteiger partial charge in [-0.15, -0.1) is 0 Å². The molecule has 0 saturated carbocycles. The van der Waals surface area contributed by atoms with Crippen LogP contribution >= 0.6 is 11.6 Å². The third-order valence-electron chi connectivity index (χ3n) is 4.18. The summed E-state index contributed by atoms with van der Waals surface area (Å²) in [6, 6.07) is 8.74. The monoisotopic (exact) mass is 417 g/mol. The minimum Gasteiger partial charge on any atom is -0.493 e. The number of benzene rings is 2. The van der Waals surface area contributed by atoms with Gasteiger partial charge in [-0.1, -0.05) is 11.6 Å². The van der Waals surface area contributed by atoms with E-state index in [1.807, 2.05) is 13.8 Å². The van der Waals surface area contributed by atoms with Crippen molar-refractivity contribution >= 4 is 23.3 Å². The maximum atomic E-state index is 12.3. The van der Waals surface area contributed by atoms with Crippen molar-refractivity contribution in [3.63, 3.8) is 0 Å². The summed E-state index contributed by atoms with van der Waals surface area (Å²) in [5, 5.41) is 10.9. The predicted molar refractivity (Wildman–Crippen MR) is 108 cm³/mol. The first-order chi connectivity index (χ1) is 13.9. The number of nitrogens with zero attached hydrogens (tertiary/aromatic N) is 2. The van der Waals surface area contributed by atoms with Crippen LogP contribution in [0.1, 0.15) is 11.1 Å². The number of aromatic nitrogens is 2. The highest BCUT2D eigenvalue weighted by Gasteiger charge is 2.17. The van der Waals surface area contributed by atoms with E-state index in [0.29, 0.717) is 33.5 Å². The Morgan fingerprint density at radius 3 is 2.41 bits per heavy atom. The van der Waals surface area contributed by atoms with Crippen molar-refractivity contribution in [2.24, 2.45) is 0 Å². The summed E-state index contributed by atoms with van der Waals surface area (Å²) in [5.74, 6) is 1.40. The molecule has 0 aliphatic rings. The molecule has 3 rings (SSSR count). The van der Waals surface area contributed by atoms with Crippen LogP contribution < -0.4 is 19.5 Å². The van der Waals surface area contributed by atoms with Gasteiger partial charge in [-0.2, -0.15) is 0 Å².